The molecule has 5 nitrogen and oxygen atoms in total. The number of halogens is 1. The predicted octanol–water partition coefficient (Wildman–Crippen LogP) is 3.43. The van der Waals surface area contributed by atoms with Gasteiger partial charge in [-0.05, 0) is 30.5 Å². The highest BCUT2D eigenvalue weighted by Gasteiger charge is 2.20. The number of carbonyl (C=O) groups is 1. The lowest BCUT2D eigenvalue weighted by Crippen LogP contribution is -2.30. The molecule has 0 saturated carbocycles. The van der Waals surface area contributed by atoms with Gasteiger partial charge < -0.3 is 14.6 Å². The SMILES string of the molecule is O=C(Oc1ncc(-c2ccc(Br)cc2)[nH]1)N1CCCC1. The maximum atomic E-state index is 11.8. The molecule has 1 fully saturated rings. The van der Waals surface area contributed by atoms with Gasteiger partial charge in [-0.25, -0.2) is 9.78 Å². The van der Waals surface area contributed by atoms with Crippen LogP contribution in [0.4, 0.5) is 4.79 Å². The first kappa shape index (κ1) is 13.2. The van der Waals surface area contributed by atoms with Crippen LogP contribution in [0.5, 0.6) is 6.01 Å². The van der Waals surface area contributed by atoms with Gasteiger partial charge in [-0.3, -0.25) is 0 Å². The molecule has 20 heavy (non-hydrogen) atoms. The van der Waals surface area contributed by atoms with Crippen molar-refractivity contribution in [1.82, 2.24) is 14.9 Å². The third-order valence-corrected chi connectivity index (χ3v) is 3.78. The Morgan fingerprint density at radius 2 is 1.95 bits per heavy atom. The predicted molar refractivity (Wildman–Crippen MR) is 78.6 cm³/mol. The van der Waals surface area contributed by atoms with Crippen LogP contribution in [0.15, 0.2) is 34.9 Å². The molecule has 0 spiro atoms. The van der Waals surface area contributed by atoms with E-state index in [1.807, 2.05) is 24.3 Å². The van der Waals surface area contributed by atoms with Crippen LogP contribution >= 0.6 is 15.9 Å². The number of likely N-dealkylation sites (tertiary alicyclic amines) is 1. The quantitative estimate of drug-likeness (QED) is 0.914. The number of aromatic nitrogens is 2. The first-order valence-corrected chi connectivity index (χ1v) is 7.29. The number of aromatic amines is 1. The van der Waals surface area contributed by atoms with Gasteiger partial charge in [0.15, 0.2) is 0 Å². The Morgan fingerprint density at radius 3 is 2.65 bits per heavy atom. The molecule has 1 aliphatic heterocycles. The summed E-state index contributed by atoms with van der Waals surface area (Å²) in [4.78, 5) is 20.6. The van der Waals surface area contributed by atoms with Crippen molar-refractivity contribution in [2.75, 3.05) is 13.1 Å². The third kappa shape index (κ3) is 2.85. The van der Waals surface area contributed by atoms with Crippen molar-refractivity contribution >= 4 is 22.0 Å². The zero-order valence-corrected chi connectivity index (χ0v) is 12.4. The summed E-state index contributed by atoms with van der Waals surface area (Å²) in [6.45, 7) is 1.53. The molecule has 1 aromatic heterocycles. The number of benzene rings is 1. The highest BCUT2D eigenvalue weighted by Crippen LogP contribution is 2.22. The molecule has 2 heterocycles. The summed E-state index contributed by atoms with van der Waals surface area (Å²) in [6, 6.07) is 8.06. The van der Waals surface area contributed by atoms with Gasteiger partial charge in [0, 0.05) is 17.6 Å². The van der Waals surface area contributed by atoms with E-state index in [-0.39, 0.29) is 12.1 Å². The largest absolute Gasteiger partial charge is 0.417 e. The van der Waals surface area contributed by atoms with E-state index < -0.39 is 0 Å². The maximum Gasteiger partial charge on any atom is 0.417 e. The van der Waals surface area contributed by atoms with Crippen LogP contribution in [-0.2, 0) is 0 Å². The fourth-order valence-electron chi connectivity index (χ4n) is 2.18. The van der Waals surface area contributed by atoms with Crippen molar-refractivity contribution in [2.24, 2.45) is 0 Å². The number of rotatable bonds is 2. The number of nitrogens with one attached hydrogen (secondary N) is 1. The average molecular weight is 336 g/mol. The summed E-state index contributed by atoms with van der Waals surface area (Å²) in [5.74, 6) is 0. The van der Waals surface area contributed by atoms with Crippen molar-refractivity contribution < 1.29 is 9.53 Å². The van der Waals surface area contributed by atoms with Crippen LogP contribution in [0.3, 0.4) is 0 Å². The minimum atomic E-state index is -0.334. The zero-order chi connectivity index (χ0) is 13.9. The number of carbonyl (C=O) groups excluding carboxylic acids is 1. The second-order valence-corrected chi connectivity index (χ2v) is 5.59. The first-order chi connectivity index (χ1) is 9.72. The highest BCUT2D eigenvalue weighted by molar-refractivity contribution is 9.10. The zero-order valence-electron chi connectivity index (χ0n) is 10.8. The number of nitrogens with zero attached hydrogens (tertiary/aromatic N) is 2. The van der Waals surface area contributed by atoms with Crippen molar-refractivity contribution in [2.45, 2.75) is 12.8 Å². The molecule has 1 aromatic carbocycles. The molecule has 0 unspecified atom stereocenters. The minimum Gasteiger partial charge on any atom is -0.375 e. The lowest BCUT2D eigenvalue weighted by molar-refractivity contribution is 0.159. The first-order valence-electron chi connectivity index (χ1n) is 6.50. The summed E-state index contributed by atoms with van der Waals surface area (Å²) in [6.07, 6.45) is 3.41. The number of imidazole rings is 1. The van der Waals surface area contributed by atoms with E-state index in [4.69, 9.17) is 4.74 Å². The van der Waals surface area contributed by atoms with E-state index in [2.05, 4.69) is 25.9 Å². The fraction of sp³-hybridized carbons (Fsp3) is 0.286. The van der Waals surface area contributed by atoms with Crippen LogP contribution in [0.2, 0.25) is 0 Å². The van der Waals surface area contributed by atoms with Crippen LogP contribution in [0.25, 0.3) is 11.3 Å². The van der Waals surface area contributed by atoms with Gasteiger partial charge in [0.05, 0.1) is 11.9 Å². The molecule has 3 rings (SSSR count). The standard InChI is InChI=1S/C14H14BrN3O2/c15-11-5-3-10(4-6-11)12-9-16-13(17-12)20-14(19)18-7-1-2-8-18/h3-6,9H,1-2,7-8H2,(H,16,17). The van der Waals surface area contributed by atoms with E-state index in [9.17, 15) is 4.79 Å². The number of H-pyrrole nitrogens is 1. The van der Waals surface area contributed by atoms with E-state index >= 15 is 0 Å². The second-order valence-electron chi connectivity index (χ2n) is 4.67. The van der Waals surface area contributed by atoms with E-state index in [1.165, 1.54) is 0 Å². The molecule has 2 aromatic rings. The minimum absolute atomic E-state index is 0.236. The van der Waals surface area contributed by atoms with Crippen LogP contribution in [0, 0.1) is 0 Å². The third-order valence-electron chi connectivity index (χ3n) is 3.26. The van der Waals surface area contributed by atoms with Gasteiger partial charge in [-0.1, -0.05) is 28.1 Å². The van der Waals surface area contributed by atoms with Crippen molar-refractivity contribution in [3.63, 3.8) is 0 Å². The lowest BCUT2D eigenvalue weighted by Gasteiger charge is -2.12. The second kappa shape index (κ2) is 5.66. The summed E-state index contributed by atoms with van der Waals surface area (Å²) in [5, 5.41) is 0. The van der Waals surface area contributed by atoms with E-state index in [0.29, 0.717) is 0 Å². The molecule has 1 aliphatic rings. The Bertz CT molecular complexity index is 603. The van der Waals surface area contributed by atoms with Crippen molar-refractivity contribution in [3.8, 4) is 17.3 Å². The monoisotopic (exact) mass is 335 g/mol. The van der Waals surface area contributed by atoms with Gasteiger partial charge in [-0.2, -0.15) is 0 Å². The number of hydrogen-bond acceptors (Lipinski definition) is 3. The Kier molecular flexibility index (Phi) is 3.73. The molecular formula is C14H14BrN3O2. The summed E-state index contributed by atoms with van der Waals surface area (Å²) >= 11 is 3.39. The van der Waals surface area contributed by atoms with Crippen LogP contribution in [0.1, 0.15) is 12.8 Å². The Hall–Kier alpha value is -1.82. The van der Waals surface area contributed by atoms with Gasteiger partial charge in [0.1, 0.15) is 0 Å². The highest BCUT2D eigenvalue weighted by atomic mass is 79.9. The number of hydrogen-bond donors (Lipinski definition) is 1. The summed E-state index contributed by atoms with van der Waals surface area (Å²) in [7, 11) is 0. The molecule has 6 heteroatoms. The van der Waals surface area contributed by atoms with E-state index in [1.54, 1.807) is 11.1 Å². The molecule has 0 radical (unpaired) electrons. The molecule has 0 bridgehead atoms. The van der Waals surface area contributed by atoms with Crippen LogP contribution < -0.4 is 4.74 Å². The molecule has 104 valence electrons. The van der Waals surface area contributed by atoms with Crippen LogP contribution in [-0.4, -0.2) is 34.1 Å². The Labute approximate surface area is 125 Å². The van der Waals surface area contributed by atoms with Gasteiger partial charge in [-0.15, -0.1) is 0 Å². The lowest BCUT2D eigenvalue weighted by atomic mass is 10.2. The average Bonchev–Trinajstić information content (AvgIpc) is 3.10. The van der Waals surface area contributed by atoms with Gasteiger partial charge >= 0.3 is 12.1 Å². The number of amides is 1. The molecule has 0 aliphatic carbocycles. The topological polar surface area (TPSA) is 58.2 Å². The molecule has 1 amide bonds. The Morgan fingerprint density at radius 1 is 1.25 bits per heavy atom. The molecular weight excluding hydrogens is 322 g/mol. The molecule has 1 saturated heterocycles. The number of ether oxygens (including phenoxy) is 1. The van der Waals surface area contributed by atoms with Gasteiger partial charge in [0.2, 0.25) is 0 Å². The summed E-state index contributed by atoms with van der Waals surface area (Å²) < 4.78 is 6.25. The van der Waals surface area contributed by atoms with Crippen molar-refractivity contribution in [1.29, 1.82) is 0 Å². The Balaban J connectivity index is 1.70. The molecule has 0 atom stereocenters. The molecule has 1 N–H and O–H groups in total. The van der Waals surface area contributed by atoms with Gasteiger partial charge in [0.25, 0.3) is 0 Å². The normalized spacial score (nSPS) is 14.6. The van der Waals surface area contributed by atoms with E-state index in [0.717, 1.165) is 41.7 Å². The smallest absolute Gasteiger partial charge is 0.375 e. The van der Waals surface area contributed by atoms with Crippen molar-refractivity contribution in [3.05, 3.63) is 34.9 Å². The maximum absolute atomic E-state index is 11.8. The fourth-order valence-corrected chi connectivity index (χ4v) is 2.44. The summed E-state index contributed by atoms with van der Waals surface area (Å²) in [5.41, 5.74) is 1.81.